The standard InChI is InChI=1S/C16H26N6O/c1-6-20-23-12(2)9-15-13(3)16(18-11-17-15)21(4)10-14-7-8-19-22(14)5/h6-8,11-12,15H,9-10H2,1-5H3,(H,17,18)/b20-6+. The molecule has 126 valence electrons. The van der Waals surface area contributed by atoms with E-state index in [-0.39, 0.29) is 12.1 Å². The fourth-order valence-electron chi connectivity index (χ4n) is 2.63. The van der Waals surface area contributed by atoms with E-state index in [9.17, 15) is 0 Å². The predicted octanol–water partition coefficient (Wildman–Crippen LogP) is 1.88. The van der Waals surface area contributed by atoms with E-state index >= 15 is 0 Å². The zero-order chi connectivity index (χ0) is 16.8. The van der Waals surface area contributed by atoms with E-state index in [1.165, 1.54) is 5.57 Å². The molecule has 2 atom stereocenters. The molecule has 0 amide bonds. The van der Waals surface area contributed by atoms with Crippen molar-refractivity contribution in [3.8, 4) is 0 Å². The monoisotopic (exact) mass is 318 g/mol. The molecule has 0 fully saturated rings. The summed E-state index contributed by atoms with van der Waals surface area (Å²) in [4.78, 5) is 12.0. The van der Waals surface area contributed by atoms with Crippen LogP contribution >= 0.6 is 0 Å². The highest BCUT2D eigenvalue weighted by atomic mass is 16.6. The van der Waals surface area contributed by atoms with Gasteiger partial charge in [0.1, 0.15) is 11.9 Å². The smallest absolute Gasteiger partial charge is 0.131 e. The lowest BCUT2D eigenvalue weighted by Crippen LogP contribution is -2.37. The predicted molar refractivity (Wildman–Crippen MR) is 92.1 cm³/mol. The Hall–Kier alpha value is -2.31. The van der Waals surface area contributed by atoms with Gasteiger partial charge in [0.25, 0.3) is 0 Å². The van der Waals surface area contributed by atoms with Gasteiger partial charge in [-0.3, -0.25) is 4.68 Å². The average Bonchev–Trinajstić information content (AvgIpc) is 2.92. The van der Waals surface area contributed by atoms with E-state index in [0.29, 0.717) is 0 Å². The molecule has 7 heteroatoms. The molecule has 0 saturated heterocycles. The van der Waals surface area contributed by atoms with E-state index in [1.54, 1.807) is 12.6 Å². The molecule has 0 spiro atoms. The topological polar surface area (TPSA) is 67.0 Å². The van der Waals surface area contributed by atoms with Gasteiger partial charge < -0.3 is 15.1 Å². The molecule has 0 aliphatic carbocycles. The first-order chi connectivity index (χ1) is 11.0. The third kappa shape index (κ3) is 4.34. The molecule has 1 N–H and O–H groups in total. The second-order valence-electron chi connectivity index (χ2n) is 5.80. The zero-order valence-corrected chi connectivity index (χ0v) is 14.5. The van der Waals surface area contributed by atoms with Crippen molar-refractivity contribution in [1.29, 1.82) is 0 Å². The number of aliphatic imine (C=N–C) groups is 1. The van der Waals surface area contributed by atoms with Crippen molar-refractivity contribution in [2.45, 2.75) is 45.9 Å². The lowest BCUT2D eigenvalue weighted by Gasteiger charge is -2.30. The first-order valence-corrected chi connectivity index (χ1v) is 7.84. The molecule has 7 nitrogen and oxygen atoms in total. The van der Waals surface area contributed by atoms with Crippen LogP contribution in [-0.4, -0.2) is 46.4 Å². The van der Waals surface area contributed by atoms with Gasteiger partial charge in [0.2, 0.25) is 0 Å². The van der Waals surface area contributed by atoms with Gasteiger partial charge in [0.15, 0.2) is 0 Å². The fraction of sp³-hybridized carbons (Fsp3) is 0.562. The minimum Gasteiger partial charge on any atom is -0.393 e. The maximum Gasteiger partial charge on any atom is 0.131 e. The lowest BCUT2D eigenvalue weighted by molar-refractivity contribution is 0.0631. The molecule has 0 radical (unpaired) electrons. The van der Waals surface area contributed by atoms with Crippen molar-refractivity contribution in [2.24, 2.45) is 17.2 Å². The SMILES string of the molecule is C/C=N/OC(C)CC1NC=NC(N(C)Cc2ccnn2C)=C1C. The second kappa shape index (κ2) is 7.80. The van der Waals surface area contributed by atoms with Crippen LogP contribution < -0.4 is 5.32 Å². The Morgan fingerprint density at radius 2 is 2.35 bits per heavy atom. The molecule has 0 aromatic carbocycles. The Morgan fingerprint density at radius 3 is 3.00 bits per heavy atom. The van der Waals surface area contributed by atoms with Crippen LogP contribution in [0, 0.1) is 0 Å². The van der Waals surface area contributed by atoms with Crippen molar-refractivity contribution in [3.05, 3.63) is 29.4 Å². The van der Waals surface area contributed by atoms with Gasteiger partial charge in [-0.1, -0.05) is 5.16 Å². The third-order valence-electron chi connectivity index (χ3n) is 3.93. The van der Waals surface area contributed by atoms with E-state index in [0.717, 1.165) is 24.5 Å². The molecule has 1 aromatic rings. The van der Waals surface area contributed by atoms with Crippen LogP contribution in [0.1, 0.15) is 32.9 Å². The molecule has 1 aromatic heterocycles. The Morgan fingerprint density at radius 1 is 1.57 bits per heavy atom. The van der Waals surface area contributed by atoms with Gasteiger partial charge in [-0.2, -0.15) is 5.10 Å². The quantitative estimate of drug-likeness (QED) is 0.616. The number of rotatable bonds is 7. The second-order valence-corrected chi connectivity index (χ2v) is 5.80. The van der Waals surface area contributed by atoms with Crippen LogP contribution in [0.15, 0.2) is 33.8 Å². The Kier molecular flexibility index (Phi) is 5.78. The van der Waals surface area contributed by atoms with Crippen LogP contribution in [0.3, 0.4) is 0 Å². The van der Waals surface area contributed by atoms with Gasteiger partial charge in [0.05, 0.1) is 24.6 Å². The Labute approximate surface area is 137 Å². The molecule has 2 rings (SSSR count). The number of oxime groups is 1. The molecule has 1 aliphatic rings. The molecule has 1 aliphatic heterocycles. The van der Waals surface area contributed by atoms with Crippen LogP contribution in [-0.2, 0) is 18.4 Å². The van der Waals surface area contributed by atoms with E-state index in [1.807, 2.05) is 44.9 Å². The highest BCUT2D eigenvalue weighted by Gasteiger charge is 2.22. The van der Waals surface area contributed by atoms with Gasteiger partial charge in [-0.25, -0.2) is 4.99 Å². The van der Waals surface area contributed by atoms with Gasteiger partial charge in [0, 0.05) is 32.9 Å². The van der Waals surface area contributed by atoms with Crippen LogP contribution in [0.5, 0.6) is 0 Å². The molecule has 2 unspecified atom stereocenters. The lowest BCUT2D eigenvalue weighted by atomic mass is 10.0. The highest BCUT2D eigenvalue weighted by Crippen LogP contribution is 2.21. The summed E-state index contributed by atoms with van der Waals surface area (Å²) in [7, 11) is 4.00. The molecular formula is C16H26N6O. The largest absolute Gasteiger partial charge is 0.393 e. The summed E-state index contributed by atoms with van der Waals surface area (Å²) in [5.74, 6) is 0.987. The number of aryl methyl sites for hydroxylation is 1. The molecule has 0 bridgehead atoms. The molecule has 2 heterocycles. The summed E-state index contributed by atoms with van der Waals surface area (Å²) in [5.41, 5.74) is 2.35. The zero-order valence-electron chi connectivity index (χ0n) is 14.5. The van der Waals surface area contributed by atoms with Crippen molar-refractivity contribution in [2.75, 3.05) is 7.05 Å². The van der Waals surface area contributed by atoms with Gasteiger partial charge in [-0.15, -0.1) is 0 Å². The summed E-state index contributed by atoms with van der Waals surface area (Å²) in [6.07, 6.45) is 6.10. The van der Waals surface area contributed by atoms with Crippen LogP contribution in [0.2, 0.25) is 0 Å². The Balaban J connectivity index is 2.05. The Bertz CT molecular complexity index is 603. The van der Waals surface area contributed by atoms with Crippen molar-refractivity contribution >= 4 is 12.6 Å². The summed E-state index contributed by atoms with van der Waals surface area (Å²) >= 11 is 0. The average molecular weight is 318 g/mol. The number of hydrogen-bond acceptors (Lipinski definition) is 6. The number of nitrogens with one attached hydrogen (secondary N) is 1. The van der Waals surface area contributed by atoms with Crippen molar-refractivity contribution in [1.82, 2.24) is 20.0 Å². The summed E-state index contributed by atoms with van der Waals surface area (Å²) in [6.45, 7) is 6.74. The molecule has 23 heavy (non-hydrogen) atoms. The minimum atomic E-state index is 0.0359. The van der Waals surface area contributed by atoms with Crippen LogP contribution in [0.25, 0.3) is 0 Å². The maximum atomic E-state index is 5.38. The normalized spacial score (nSPS) is 19.1. The van der Waals surface area contributed by atoms with Gasteiger partial charge >= 0.3 is 0 Å². The first-order valence-electron chi connectivity index (χ1n) is 7.84. The maximum absolute atomic E-state index is 5.38. The van der Waals surface area contributed by atoms with Crippen LogP contribution in [0.4, 0.5) is 0 Å². The first kappa shape index (κ1) is 17.1. The van der Waals surface area contributed by atoms with E-state index in [2.05, 4.69) is 32.4 Å². The van der Waals surface area contributed by atoms with E-state index < -0.39 is 0 Å². The molecular weight excluding hydrogens is 292 g/mol. The van der Waals surface area contributed by atoms with Gasteiger partial charge in [-0.05, 0) is 32.4 Å². The minimum absolute atomic E-state index is 0.0359. The number of nitrogens with zero attached hydrogens (tertiary/aromatic N) is 5. The summed E-state index contributed by atoms with van der Waals surface area (Å²) < 4.78 is 1.88. The molecule has 0 saturated carbocycles. The van der Waals surface area contributed by atoms with E-state index in [4.69, 9.17) is 4.84 Å². The number of aromatic nitrogens is 2. The van der Waals surface area contributed by atoms with Crippen molar-refractivity contribution < 1.29 is 4.84 Å². The summed E-state index contributed by atoms with van der Waals surface area (Å²) in [6, 6.07) is 2.21. The fourth-order valence-corrected chi connectivity index (χ4v) is 2.63. The number of hydrogen-bond donors (Lipinski definition) is 1. The third-order valence-corrected chi connectivity index (χ3v) is 3.93. The summed E-state index contributed by atoms with van der Waals surface area (Å²) in [5, 5.41) is 11.4. The highest BCUT2D eigenvalue weighted by molar-refractivity contribution is 5.60. The van der Waals surface area contributed by atoms with Crippen molar-refractivity contribution in [3.63, 3.8) is 0 Å².